The highest BCUT2D eigenvalue weighted by molar-refractivity contribution is 7.80. The molecular weight excluding hydrogens is 354 g/mol. The molecule has 0 heterocycles. The summed E-state index contributed by atoms with van der Waals surface area (Å²) in [6.07, 6.45) is 0. The van der Waals surface area contributed by atoms with E-state index in [1.54, 1.807) is 36.4 Å². The van der Waals surface area contributed by atoms with Crippen molar-refractivity contribution in [1.82, 2.24) is 5.32 Å². The van der Waals surface area contributed by atoms with Crippen LogP contribution in [0.4, 0.5) is 5.69 Å². The first-order chi connectivity index (χ1) is 12.5. The fourth-order valence-corrected chi connectivity index (χ4v) is 2.25. The van der Waals surface area contributed by atoms with Crippen molar-refractivity contribution in [2.45, 2.75) is 0 Å². The molecule has 0 bridgehead atoms. The molecule has 26 heavy (non-hydrogen) atoms. The maximum absolute atomic E-state index is 12.1. The molecular formula is C18H15N3O4S. The van der Waals surface area contributed by atoms with Gasteiger partial charge in [0.05, 0.1) is 29.3 Å². The van der Waals surface area contributed by atoms with E-state index in [1.807, 2.05) is 6.07 Å². The predicted molar refractivity (Wildman–Crippen MR) is 99.1 cm³/mol. The number of amides is 1. The largest absolute Gasteiger partial charge is 0.478 e. The van der Waals surface area contributed by atoms with Crippen LogP contribution in [0.2, 0.25) is 0 Å². The van der Waals surface area contributed by atoms with Crippen LogP contribution in [0.5, 0.6) is 0 Å². The number of nitrogens with zero attached hydrogens (tertiary/aromatic N) is 1. The summed E-state index contributed by atoms with van der Waals surface area (Å²) in [5.74, 6) is -1.67. The lowest BCUT2D eigenvalue weighted by molar-refractivity contribution is 0.0691. The van der Waals surface area contributed by atoms with E-state index in [0.29, 0.717) is 11.3 Å². The minimum atomic E-state index is -1.17. The molecule has 0 aliphatic carbocycles. The normalized spacial score (nSPS) is 9.65. The average molecular weight is 369 g/mol. The van der Waals surface area contributed by atoms with E-state index in [9.17, 15) is 9.59 Å². The Kier molecular flexibility index (Phi) is 6.65. The van der Waals surface area contributed by atoms with Crippen LogP contribution in [0.1, 0.15) is 26.3 Å². The Morgan fingerprint density at radius 3 is 2.38 bits per heavy atom. The van der Waals surface area contributed by atoms with Crippen LogP contribution >= 0.6 is 12.2 Å². The predicted octanol–water partition coefficient (Wildman–Crippen LogP) is 2.40. The topological polar surface area (TPSA) is 111 Å². The smallest absolute Gasteiger partial charge is 0.336 e. The minimum Gasteiger partial charge on any atom is -0.478 e. The zero-order valence-corrected chi connectivity index (χ0v) is 14.4. The van der Waals surface area contributed by atoms with Gasteiger partial charge in [0.2, 0.25) is 0 Å². The van der Waals surface area contributed by atoms with Gasteiger partial charge in [-0.1, -0.05) is 12.1 Å². The highest BCUT2D eigenvalue weighted by Gasteiger charge is 2.15. The van der Waals surface area contributed by atoms with E-state index in [0.717, 1.165) is 0 Å². The molecule has 0 spiro atoms. The third kappa shape index (κ3) is 5.29. The molecule has 0 aliphatic rings. The van der Waals surface area contributed by atoms with Crippen molar-refractivity contribution in [3.8, 4) is 6.07 Å². The third-order valence-corrected chi connectivity index (χ3v) is 3.50. The fourth-order valence-electron chi connectivity index (χ4n) is 2.05. The first kappa shape index (κ1) is 18.9. The number of benzene rings is 2. The average Bonchev–Trinajstić information content (AvgIpc) is 2.65. The summed E-state index contributed by atoms with van der Waals surface area (Å²) < 4.78 is 5.29. The van der Waals surface area contributed by atoms with Crippen LogP contribution in [0, 0.1) is 11.3 Å². The summed E-state index contributed by atoms with van der Waals surface area (Å²) in [7, 11) is 0. The Balaban J connectivity index is 1.77. The van der Waals surface area contributed by atoms with Crippen molar-refractivity contribution in [2.24, 2.45) is 0 Å². The van der Waals surface area contributed by atoms with Gasteiger partial charge < -0.3 is 20.5 Å². The molecule has 0 unspecified atom stereocenters. The molecule has 0 radical (unpaired) electrons. The second-order valence-corrected chi connectivity index (χ2v) is 5.43. The molecule has 2 rings (SSSR count). The summed E-state index contributed by atoms with van der Waals surface area (Å²) in [6, 6.07) is 14.6. The maximum Gasteiger partial charge on any atom is 0.336 e. The summed E-state index contributed by atoms with van der Waals surface area (Å²) in [6.45, 7) is 0.269. The van der Waals surface area contributed by atoms with Crippen LogP contribution in [-0.2, 0) is 4.74 Å². The molecule has 132 valence electrons. The standard InChI is InChI=1S/C18H15N3O4S/c19-11-12-5-7-13(8-6-12)21-18(26)25-10-9-20-16(22)14-3-1-2-4-15(14)17(23)24/h1-8H,9-10H2,(H,20,22)(H,21,26)(H,23,24). The van der Waals surface area contributed by atoms with Gasteiger partial charge >= 0.3 is 5.97 Å². The van der Waals surface area contributed by atoms with Crippen molar-refractivity contribution in [3.63, 3.8) is 0 Å². The first-order valence-electron chi connectivity index (χ1n) is 7.55. The number of carboxylic acid groups (broad SMARTS) is 1. The summed E-state index contributed by atoms with van der Waals surface area (Å²) in [5, 5.41) is 23.4. The fraction of sp³-hybridized carbons (Fsp3) is 0.111. The number of hydrogen-bond acceptors (Lipinski definition) is 5. The van der Waals surface area contributed by atoms with Gasteiger partial charge in [-0.3, -0.25) is 4.79 Å². The van der Waals surface area contributed by atoms with Crippen molar-refractivity contribution in [3.05, 3.63) is 65.2 Å². The Labute approximate surface area is 155 Å². The van der Waals surface area contributed by atoms with E-state index in [4.69, 9.17) is 27.3 Å². The lowest BCUT2D eigenvalue weighted by Gasteiger charge is -2.11. The molecule has 0 aliphatic heterocycles. The van der Waals surface area contributed by atoms with Crippen molar-refractivity contribution in [1.29, 1.82) is 5.26 Å². The van der Waals surface area contributed by atoms with E-state index < -0.39 is 11.9 Å². The number of hydrogen-bond donors (Lipinski definition) is 3. The van der Waals surface area contributed by atoms with Gasteiger partial charge in [0, 0.05) is 5.69 Å². The van der Waals surface area contributed by atoms with Gasteiger partial charge in [0.15, 0.2) is 0 Å². The molecule has 0 aromatic heterocycles. The van der Waals surface area contributed by atoms with E-state index in [2.05, 4.69) is 10.6 Å². The number of thiocarbonyl (C=S) groups is 1. The molecule has 2 aromatic rings. The number of aromatic carboxylic acids is 1. The number of rotatable bonds is 6. The first-order valence-corrected chi connectivity index (χ1v) is 7.96. The monoisotopic (exact) mass is 369 g/mol. The van der Waals surface area contributed by atoms with Crippen molar-refractivity contribution < 1.29 is 19.4 Å². The SMILES string of the molecule is N#Cc1ccc(NC(=S)OCCNC(=O)c2ccccc2C(=O)O)cc1. The van der Waals surface area contributed by atoms with Crippen LogP contribution in [0.15, 0.2) is 48.5 Å². The maximum atomic E-state index is 12.1. The van der Waals surface area contributed by atoms with E-state index >= 15 is 0 Å². The van der Waals surface area contributed by atoms with Gasteiger partial charge in [-0.2, -0.15) is 5.26 Å². The lowest BCUT2D eigenvalue weighted by Crippen LogP contribution is -2.30. The van der Waals surface area contributed by atoms with Gasteiger partial charge in [-0.15, -0.1) is 0 Å². The summed E-state index contributed by atoms with van der Waals surface area (Å²) >= 11 is 5.04. The molecule has 7 nitrogen and oxygen atoms in total. The highest BCUT2D eigenvalue weighted by atomic mass is 32.1. The molecule has 1 amide bonds. The number of nitriles is 1. The molecule has 0 saturated heterocycles. The number of carbonyl (C=O) groups excluding carboxylic acids is 1. The summed E-state index contributed by atoms with van der Waals surface area (Å²) in [5.41, 5.74) is 1.22. The second-order valence-electron chi connectivity index (χ2n) is 5.06. The Morgan fingerprint density at radius 2 is 1.77 bits per heavy atom. The lowest BCUT2D eigenvalue weighted by atomic mass is 10.1. The quantitative estimate of drug-likeness (QED) is 0.529. The highest BCUT2D eigenvalue weighted by Crippen LogP contribution is 2.10. The van der Waals surface area contributed by atoms with Gasteiger partial charge in [-0.05, 0) is 48.6 Å². The Morgan fingerprint density at radius 1 is 1.12 bits per heavy atom. The van der Waals surface area contributed by atoms with Crippen molar-refractivity contribution in [2.75, 3.05) is 18.5 Å². The zero-order chi connectivity index (χ0) is 18.9. The van der Waals surface area contributed by atoms with Crippen LogP contribution in [0.3, 0.4) is 0 Å². The number of carbonyl (C=O) groups is 2. The second kappa shape index (κ2) is 9.15. The van der Waals surface area contributed by atoms with Gasteiger partial charge in [-0.25, -0.2) is 4.79 Å². The number of nitrogens with one attached hydrogen (secondary N) is 2. The summed E-state index contributed by atoms with van der Waals surface area (Å²) in [4.78, 5) is 23.2. The van der Waals surface area contributed by atoms with Gasteiger partial charge in [0.25, 0.3) is 11.1 Å². The molecule has 0 saturated carbocycles. The molecule has 8 heteroatoms. The number of anilines is 1. The van der Waals surface area contributed by atoms with Gasteiger partial charge in [0.1, 0.15) is 6.61 Å². The number of carboxylic acids is 1. The Hall–Kier alpha value is -3.44. The van der Waals surface area contributed by atoms with E-state index in [-0.39, 0.29) is 29.5 Å². The van der Waals surface area contributed by atoms with E-state index in [1.165, 1.54) is 12.1 Å². The molecule has 2 aromatic carbocycles. The third-order valence-electron chi connectivity index (χ3n) is 3.28. The number of ether oxygens (including phenoxy) is 1. The molecule has 3 N–H and O–H groups in total. The molecule has 0 atom stereocenters. The van der Waals surface area contributed by atoms with Crippen molar-refractivity contribution >= 4 is 35.0 Å². The van der Waals surface area contributed by atoms with Crippen LogP contribution < -0.4 is 10.6 Å². The van der Waals surface area contributed by atoms with Crippen LogP contribution in [-0.4, -0.2) is 35.3 Å². The zero-order valence-electron chi connectivity index (χ0n) is 13.6. The van der Waals surface area contributed by atoms with Crippen LogP contribution in [0.25, 0.3) is 0 Å². The molecule has 0 fully saturated rings. The minimum absolute atomic E-state index is 0.0658. The Bertz CT molecular complexity index is 859.